The summed E-state index contributed by atoms with van der Waals surface area (Å²) < 4.78 is 14.9. The zero-order valence-electron chi connectivity index (χ0n) is 17.6. The molecule has 12 nitrogen and oxygen atoms in total. The Kier molecular flexibility index (Phi) is 9.99. The number of carbonyl (C=O) groups excluding carboxylic acids is 1. The van der Waals surface area contributed by atoms with Crippen molar-refractivity contribution >= 4 is 37.6 Å². The molecule has 1 aromatic carbocycles. The van der Waals surface area contributed by atoms with Crippen LogP contribution < -0.4 is 20.9 Å². The molecule has 0 bridgehead atoms. The number of nitrogens with two attached hydrogens (primary N) is 1. The molecule has 1 aromatic rings. The van der Waals surface area contributed by atoms with Gasteiger partial charge in [-0.25, -0.2) is 9.36 Å². The van der Waals surface area contributed by atoms with Crippen molar-refractivity contribution in [1.82, 2.24) is 10.6 Å². The molecule has 0 unspecified atom stereocenters. The lowest BCUT2D eigenvalue weighted by molar-refractivity contribution is -0.139. The summed E-state index contributed by atoms with van der Waals surface area (Å²) in [5.74, 6) is -0.869. The van der Waals surface area contributed by atoms with E-state index in [1.54, 1.807) is 0 Å². The Bertz CT molecular complexity index is 880. The molecule has 33 heavy (non-hydrogen) atoms. The highest BCUT2D eigenvalue weighted by Gasteiger charge is 2.42. The van der Waals surface area contributed by atoms with Crippen LogP contribution in [0.1, 0.15) is 31.2 Å². The minimum atomic E-state index is -4.56. The Morgan fingerprint density at radius 1 is 1.18 bits per heavy atom. The molecule has 14 heteroatoms. The van der Waals surface area contributed by atoms with Gasteiger partial charge in [-0.15, -0.1) is 0 Å². The minimum Gasteiger partial charge on any atom is -0.481 e. The standard InChI is InChI=1S/C10H16N2O3S.C9H12NO6P/c13-8(14)4-2-1-3-7-9-6(5-16-7)11-10(15)12-9;10-8(9(11)12)5-6-1-3-7(4-2-6)16-17(13,14)15/h6-7,9H,1-5H2,(H,13,14)(H2,11,12,15);1-4,8H,5,10H2,(H,11,12)(H2,13,14,15)/t6-,7-,9-;8-/m00/s1. The number of carbonyl (C=O) groups is 3. The maximum atomic E-state index is 11.1. The summed E-state index contributed by atoms with van der Waals surface area (Å²) in [6, 6.07) is 5.09. The van der Waals surface area contributed by atoms with Crippen molar-refractivity contribution in [3.8, 4) is 5.75 Å². The summed E-state index contributed by atoms with van der Waals surface area (Å²) >= 11 is 1.87. The van der Waals surface area contributed by atoms with E-state index in [0.29, 0.717) is 10.8 Å². The van der Waals surface area contributed by atoms with Gasteiger partial charge in [0.05, 0.1) is 12.1 Å². The summed E-state index contributed by atoms with van der Waals surface area (Å²) in [4.78, 5) is 49.1. The predicted octanol–water partition coefficient (Wildman–Crippen LogP) is 0.909. The number of benzene rings is 1. The van der Waals surface area contributed by atoms with E-state index in [2.05, 4.69) is 15.2 Å². The normalized spacial score (nSPS) is 22.3. The van der Waals surface area contributed by atoms with Crippen LogP contribution in [0.4, 0.5) is 4.79 Å². The molecule has 184 valence electrons. The number of fused-ring (bicyclic) bond motifs is 1. The number of hydrogen-bond acceptors (Lipinski definition) is 7. The fraction of sp³-hybridized carbons (Fsp3) is 0.526. The molecule has 8 N–H and O–H groups in total. The second-order valence-corrected chi connectivity index (χ2v) is 10.1. The molecule has 3 rings (SSSR count). The van der Waals surface area contributed by atoms with Gasteiger partial charge in [0.15, 0.2) is 0 Å². The zero-order valence-corrected chi connectivity index (χ0v) is 19.3. The number of amides is 2. The average molecular weight is 505 g/mol. The fourth-order valence-corrected chi connectivity index (χ4v) is 5.37. The van der Waals surface area contributed by atoms with Crippen LogP contribution in [0.25, 0.3) is 0 Å². The van der Waals surface area contributed by atoms with Gasteiger partial charge >= 0.3 is 25.8 Å². The Hall–Kier alpha value is -2.31. The highest BCUT2D eigenvalue weighted by Crippen LogP contribution is 2.37. The number of urea groups is 1. The molecule has 2 saturated heterocycles. The van der Waals surface area contributed by atoms with Gasteiger partial charge in [0.1, 0.15) is 11.8 Å². The Morgan fingerprint density at radius 3 is 2.42 bits per heavy atom. The molecule has 4 atom stereocenters. The minimum absolute atomic E-state index is 0.00554. The summed E-state index contributed by atoms with van der Waals surface area (Å²) in [5, 5.41) is 23.4. The molecule has 2 heterocycles. The molecule has 2 fully saturated rings. The summed E-state index contributed by atoms with van der Waals surface area (Å²) in [5.41, 5.74) is 5.97. The fourth-order valence-electron chi connectivity index (χ4n) is 3.43. The van der Waals surface area contributed by atoms with Crippen LogP contribution in [-0.2, 0) is 20.6 Å². The topological polar surface area (TPSA) is 209 Å². The molecule has 2 aliphatic rings. The van der Waals surface area contributed by atoms with Gasteiger partial charge in [-0.3, -0.25) is 19.4 Å². The van der Waals surface area contributed by atoms with E-state index >= 15 is 0 Å². The molecular weight excluding hydrogens is 477 g/mol. The smallest absolute Gasteiger partial charge is 0.481 e. The highest BCUT2D eigenvalue weighted by atomic mass is 32.2. The van der Waals surface area contributed by atoms with Crippen LogP contribution in [0, 0.1) is 0 Å². The number of rotatable bonds is 10. The van der Waals surface area contributed by atoms with Crippen LogP contribution >= 0.6 is 19.6 Å². The summed E-state index contributed by atoms with van der Waals surface area (Å²) in [7, 11) is -4.56. The lowest BCUT2D eigenvalue weighted by Crippen LogP contribution is -2.36. The predicted molar refractivity (Wildman–Crippen MR) is 120 cm³/mol. The molecular formula is C19H28N3O9PS. The van der Waals surface area contributed by atoms with Crippen molar-refractivity contribution in [2.75, 3.05) is 5.75 Å². The average Bonchev–Trinajstić information content (AvgIpc) is 3.25. The van der Waals surface area contributed by atoms with Crippen LogP contribution in [0.15, 0.2) is 24.3 Å². The number of thioether (sulfide) groups is 1. The highest BCUT2D eigenvalue weighted by molar-refractivity contribution is 8.00. The van der Waals surface area contributed by atoms with E-state index in [4.69, 9.17) is 25.7 Å². The number of hydrogen-bond donors (Lipinski definition) is 7. The Balaban J connectivity index is 0.000000234. The molecule has 0 radical (unpaired) electrons. The second kappa shape index (κ2) is 12.2. The van der Waals surface area contributed by atoms with E-state index in [1.165, 1.54) is 24.3 Å². The summed E-state index contributed by atoms with van der Waals surface area (Å²) in [6.07, 6.45) is 3.01. The first-order valence-electron chi connectivity index (χ1n) is 10.2. The summed E-state index contributed by atoms with van der Waals surface area (Å²) in [6.45, 7) is 0. The van der Waals surface area contributed by atoms with Crippen molar-refractivity contribution in [3.05, 3.63) is 29.8 Å². The molecule has 0 spiro atoms. The Morgan fingerprint density at radius 2 is 1.85 bits per heavy atom. The number of phosphoric ester groups is 1. The first kappa shape index (κ1) is 26.9. The number of unbranched alkanes of at least 4 members (excludes halogenated alkanes) is 1. The number of aliphatic carboxylic acids is 2. The van der Waals surface area contributed by atoms with Crippen molar-refractivity contribution in [1.29, 1.82) is 0 Å². The van der Waals surface area contributed by atoms with Gasteiger partial charge in [0, 0.05) is 17.4 Å². The Labute approximate surface area is 194 Å². The maximum Gasteiger partial charge on any atom is 0.524 e. The van der Waals surface area contributed by atoms with Gasteiger partial charge in [-0.2, -0.15) is 11.8 Å². The number of phosphoric acid groups is 1. The first-order chi connectivity index (χ1) is 15.4. The second-order valence-electron chi connectivity index (χ2n) is 7.64. The number of carboxylic acids is 2. The molecule has 0 aromatic heterocycles. The van der Waals surface area contributed by atoms with E-state index in [9.17, 15) is 18.9 Å². The number of carboxylic acid groups (broad SMARTS) is 2. The third kappa shape index (κ3) is 9.60. The molecule has 0 aliphatic carbocycles. The van der Waals surface area contributed by atoms with Gasteiger partial charge in [-0.1, -0.05) is 18.6 Å². The van der Waals surface area contributed by atoms with Crippen molar-refractivity contribution in [2.24, 2.45) is 5.73 Å². The van der Waals surface area contributed by atoms with Gasteiger partial charge < -0.3 is 31.1 Å². The van der Waals surface area contributed by atoms with E-state index < -0.39 is 25.8 Å². The first-order valence-corrected chi connectivity index (χ1v) is 12.8. The van der Waals surface area contributed by atoms with Gasteiger partial charge in [-0.05, 0) is 37.0 Å². The van der Waals surface area contributed by atoms with E-state index in [0.717, 1.165) is 25.0 Å². The number of nitrogens with one attached hydrogen (secondary N) is 2. The van der Waals surface area contributed by atoms with Crippen LogP contribution in [0.2, 0.25) is 0 Å². The SMILES string of the molecule is N[C@@H](Cc1ccc(OP(=O)(O)O)cc1)C(=O)O.O=C(O)CCCC[C@@H]1SC[C@@H]2NC(=O)N[C@@H]21. The van der Waals surface area contributed by atoms with Crippen molar-refractivity contribution < 1.29 is 43.5 Å². The van der Waals surface area contributed by atoms with Crippen molar-refractivity contribution in [3.63, 3.8) is 0 Å². The van der Waals surface area contributed by atoms with E-state index in [1.807, 2.05) is 11.8 Å². The van der Waals surface area contributed by atoms with Crippen LogP contribution in [-0.4, -0.2) is 67.1 Å². The zero-order chi connectivity index (χ0) is 24.6. The quantitative estimate of drug-likeness (QED) is 0.135. The third-order valence-corrected chi connectivity index (χ3v) is 6.95. The molecule has 0 saturated carbocycles. The van der Waals surface area contributed by atoms with Gasteiger partial charge in [0.2, 0.25) is 0 Å². The molecule has 2 amide bonds. The maximum absolute atomic E-state index is 11.1. The monoisotopic (exact) mass is 505 g/mol. The van der Waals surface area contributed by atoms with Crippen LogP contribution in [0.5, 0.6) is 5.75 Å². The molecule has 2 aliphatic heterocycles. The van der Waals surface area contributed by atoms with E-state index in [-0.39, 0.29) is 36.7 Å². The van der Waals surface area contributed by atoms with Crippen LogP contribution in [0.3, 0.4) is 0 Å². The third-order valence-electron chi connectivity index (χ3n) is 4.99. The lowest BCUT2D eigenvalue weighted by Gasteiger charge is -2.16. The van der Waals surface area contributed by atoms with Crippen molar-refractivity contribution in [2.45, 2.75) is 55.5 Å². The van der Waals surface area contributed by atoms with Gasteiger partial charge in [0.25, 0.3) is 0 Å². The largest absolute Gasteiger partial charge is 0.524 e. The lowest BCUT2D eigenvalue weighted by atomic mass is 10.0.